The van der Waals surface area contributed by atoms with Crippen LogP contribution < -0.4 is 16.0 Å². The third kappa shape index (κ3) is 4.18. The summed E-state index contributed by atoms with van der Waals surface area (Å²) in [5, 5.41) is 0. The van der Waals surface area contributed by atoms with Gasteiger partial charge in [0.15, 0.2) is 5.75 Å². The standard InChI is InChI=1S/C17H20N2O2S/c1-12(2)14-7-5-13(6-8-14)11-21-15-4-3-9-19(17(15)20)10-16(18)22/h3-9,12H,10-11H2,1-2H3,(H2,18,22). The Hall–Kier alpha value is -2.14. The lowest BCUT2D eigenvalue weighted by Crippen LogP contribution is -2.27. The van der Waals surface area contributed by atoms with Gasteiger partial charge < -0.3 is 15.0 Å². The second-order valence-corrected chi connectivity index (χ2v) is 5.98. The average Bonchev–Trinajstić information content (AvgIpc) is 2.48. The lowest BCUT2D eigenvalue weighted by molar-refractivity contribution is 0.299. The van der Waals surface area contributed by atoms with Gasteiger partial charge in [-0.25, -0.2) is 0 Å². The van der Waals surface area contributed by atoms with Crippen molar-refractivity contribution in [3.63, 3.8) is 0 Å². The molecule has 0 spiro atoms. The van der Waals surface area contributed by atoms with Crippen molar-refractivity contribution in [3.8, 4) is 5.75 Å². The molecule has 0 saturated heterocycles. The summed E-state index contributed by atoms with van der Waals surface area (Å²) in [5.41, 5.74) is 7.55. The summed E-state index contributed by atoms with van der Waals surface area (Å²) in [6.45, 7) is 4.87. The van der Waals surface area contributed by atoms with E-state index in [1.807, 2.05) is 12.1 Å². The molecule has 0 unspecified atom stereocenters. The Kier molecular flexibility index (Phi) is 5.33. The van der Waals surface area contributed by atoms with Gasteiger partial charge in [-0.05, 0) is 29.2 Å². The summed E-state index contributed by atoms with van der Waals surface area (Å²) >= 11 is 4.83. The quantitative estimate of drug-likeness (QED) is 0.833. The van der Waals surface area contributed by atoms with Crippen molar-refractivity contribution < 1.29 is 4.74 Å². The SMILES string of the molecule is CC(C)c1ccc(COc2cccn(CC(N)=S)c2=O)cc1. The largest absolute Gasteiger partial charge is 0.483 e. The van der Waals surface area contributed by atoms with Crippen molar-refractivity contribution in [2.24, 2.45) is 5.73 Å². The van der Waals surface area contributed by atoms with E-state index >= 15 is 0 Å². The normalized spacial score (nSPS) is 10.7. The lowest BCUT2D eigenvalue weighted by Gasteiger charge is -2.10. The highest BCUT2D eigenvalue weighted by Crippen LogP contribution is 2.15. The maximum Gasteiger partial charge on any atom is 0.293 e. The van der Waals surface area contributed by atoms with E-state index in [1.165, 1.54) is 10.1 Å². The molecule has 0 bridgehead atoms. The molecule has 0 amide bonds. The van der Waals surface area contributed by atoms with Crippen molar-refractivity contribution in [3.05, 3.63) is 64.1 Å². The monoisotopic (exact) mass is 316 g/mol. The smallest absolute Gasteiger partial charge is 0.293 e. The number of benzene rings is 1. The van der Waals surface area contributed by atoms with Crippen LogP contribution in [0.15, 0.2) is 47.4 Å². The molecule has 2 aromatic rings. The first-order valence-electron chi connectivity index (χ1n) is 7.16. The molecule has 116 valence electrons. The maximum atomic E-state index is 12.2. The second kappa shape index (κ2) is 7.22. The predicted octanol–water partition coefficient (Wildman–Crippen LogP) is 2.84. The molecule has 0 aliphatic heterocycles. The zero-order chi connectivity index (χ0) is 16.1. The Morgan fingerprint density at radius 2 is 1.95 bits per heavy atom. The van der Waals surface area contributed by atoms with Crippen LogP contribution >= 0.6 is 12.2 Å². The van der Waals surface area contributed by atoms with E-state index in [0.29, 0.717) is 18.3 Å². The topological polar surface area (TPSA) is 57.2 Å². The number of rotatable bonds is 6. The first-order valence-corrected chi connectivity index (χ1v) is 7.57. The van der Waals surface area contributed by atoms with Gasteiger partial charge in [0.05, 0.1) is 11.5 Å². The zero-order valence-electron chi connectivity index (χ0n) is 12.8. The molecule has 1 heterocycles. The van der Waals surface area contributed by atoms with Crippen LogP contribution in [-0.4, -0.2) is 9.56 Å². The molecule has 4 nitrogen and oxygen atoms in total. The number of thiocarbonyl (C=S) groups is 1. The van der Waals surface area contributed by atoms with Crippen LogP contribution in [0.2, 0.25) is 0 Å². The molecule has 22 heavy (non-hydrogen) atoms. The number of nitrogens with zero attached hydrogens (tertiary/aromatic N) is 1. The van der Waals surface area contributed by atoms with E-state index < -0.39 is 0 Å². The van der Waals surface area contributed by atoms with Crippen molar-refractivity contribution in [1.29, 1.82) is 0 Å². The Bertz CT molecular complexity index is 705. The highest BCUT2D eigenvalue weighted by atomic mass is 32.1. The van der Waals surface area contributed by atoms with E-state index in [9.17, 15) is 4.79 Å². The summed E-state index contributed by atoms with van der Waals surface area (Å²) in [6.07, 6.45) is 1.64. The van der Waals surface area contributed by atoms with Gasteiger partial charge in [-0.15, -0.1) is 0 Å². The van der Waals surface area contributed by atoms with Crippen molar-refractivity contribution >= 4 is 17.2 Å². The Balaban J connectivity index is 2.08. The fourth-order valence-corrected chi connectivity index (χ4v) is 2.22. The van der Waals surface area contributed by atoms with Gasteiger partial charge in [0.2, 0.25) is 0 Å². The Morgan fingerprint density at radius 1 is 1.27 bits per heavy atom. The van der Waals surface area contributed by atoms with Crippen LogP contribution in [0.5, 0.6) is 5.75 Å². The molecule has 0 saturated carbocycles. The van der Waals surface area contributed by atoms with Crippen LogP contribution in [0.1, 0.15) is 30.9 Å². The number of pyridine rings is 1. The van der Waals surface area contributed by atoms with E-state index in [1.54, 1.807) is 18.3 Å². The fourth-order valence-electron chi connectivity index (χ4n) is 2.08. The number of nitrogens with two attached hydrogens (primary N) is 1. The molecular formula is C17H20N2O2S. The first-order chi connectivity index (χ1) is 10.5. The maximum absolute atomic E-state index is 12.2. The molecule has 0 fully saturated rings. The molecule has 0 aliphatic carbocycles. The minimum Gasteiger partial charge on any atom is -0.483 e. The van der Waals surface area contributed by atoms with Gasteiger partial charge >= 0.3 is 0 Å². The van der Waals surface area contributed by atoms with Gasteiger partial charge in [0.25, 0.3) is 5.56 Å². The number of hydrogen-bond acceptors (Lipinski definition) is 3. The van der Waals surface area contributed by atoms with E-state index in [0.717, 1.165) is 5.56 Å². The molecule has 1 aromatic heterocycles. The van der Waals surface area contributed by atoms with E-state index in [4.69, 9.17) is 22.7 Å². The molecule has 1 aromatic carbocycles. The van der Waals surface area contributed by atoms with Gasteiger partial charge in [-0.2, -0.15) is 0 Å². The molecule has 0 aliphatic rings. The minimum absolute atomic E-state index is 0.217. The number of ether oxygens (including phenoxy) is 1. The third-order valence-corrected chi connectivity index (χ3v) is 3.48. The van der Waals surface area contributed by atoms with Gasteiger partial charge in [-0.3, -0.25) is 4.79 Å². The summed E-state index contributed by atoms with van der Waals surface area (Å²) in [7, 11) is 0. The molecule has 0 atom stereocenters. The van der Waals surface area contributed by atoms with Gasteiger partial charge in [-0.1, -0.05) is 50.3 Å². The number of aromatic nitrogens is 1. The van der Waals surface area contributed by atoms with Crippen LogP contribution in [-0.2, 0) is 13.2 Å². The van der Waals surface area contributed by atoms with E-state index in [2.05, 4.69) is 26.0 Å². The zero-order valence-corrected chi connectivity index (χ0v) is 13.6. The molecular weight excluding hydrogens is 296 g/mol. The molecule has 5 heteroatoms. The predicted molar refractivity (Wildman–Crippen MR) is 92.4 cm³/mol. The Labute approximate surface area is 135 Å². The minimum atomic E-state index is -0.228. The molecule has 2 rings (SSSR count). The van der Waals surface area contributed by atoms with Crippen molar-refractivity contribution in [2.45, 2.75) is 32.9 Å². The van der Waals surface area contributed by atoms with Crippen LogP contribution in [0, 0.1) is 0 Å². The van der Waals surface area contributed by atoms with Crippen LogP contribution in [0.25, 0.3) is 0 Å². The highest BCUT2D eigenvalue weighted by molar-refractivity contribution is 7.80. The van der Waals surface area contributed by atoms with Gasteiger partial charge in [0, 0.05) is 6.20 Å². The summed E-state index contributed by atoms with van der Waals surface area (Å²) in [5.74, 6) is 0.795. The lowest BCUT2D eigenvalue weighted by atomic mass is 10.0. The summed E-state index contributed by atoms with van der Waals surface area (Å²) in [4.78, 5) is 12.5. The average molecular weight is 316 g/mol. The van der Waals surface area contributed by atoms with Crippen LogP contribution in [0.3, 0.4) is 0 Å². The fraction of sp³-hybridized carbons (Fsp3) is 0.294. The van der Waals surface area contributed by atoms with Crippen molar-refractivity contribution in [2.75, 3.05) is 0 Å². The molecule has 0 radical (unpaired) electrons. The third-order valence-electron chi connectivity index (χ3n) is 3.35. The first kappa shape index (κ1) is 16.2. The highest BCUT2D eigenvalue weighted by Gasteiger charge is 2.06. The van der Waals surface area contributed by atoms with Crippen LogP contribution in [0.4, 0.5) is 0 Å². The summed E-state index contributed by atoms with van der Waals surface area (Å²) < 4.78 is 7.07. The van der Waals surface area contributed by atoms with E-state index in [-0.39, 0.29) is 17.1 Å². The van der Waals surface area contributed by atoms with Gasteiger partial charge in [0.1, 0.15) is 6.61 Å². The molecule has 2 N–H and O–H groups in total. The second-order valence-electron chi connectivity index (χ2n) is 5.46. The Morgan fingerprint density at radius 3 is 2.55 bits per heavy atom. The summed E-state index contributed by atoms with van der Waals surface area (Å²) in [6, 6.07) is 11.6. The number of hydrogen-bond donors (Lipinski definition) is 1. The van der Waals surface area contributed by atoms with Crippen molar-refractivity contribution in [1.82, 2.24) is 4.57 Å².